The maximum absolute atomic E-state index is 11.2. The second kappa shape index (κ2) is 21.2. The van der Waals surface area contributed by atoms with E-state index in [2.05, 4.69) is 33.0 Å². The number of esters is 2. The molecule has 0 aromatic rings. The van der Waals surface area contributed by atoms with E-state index in [1.807, 2.05) is 0 Å². The summed E-state index contributed by atoms with van der Waals surface area (Å²) in [5, 5.41) is 11.2. The molecular weight excluding hydrogens is 543 g/mol. The largest absolute Gasteiger partial charge is 0.460 e. The molecule has 16 nitrogen and oxygen atoms in total. The normalized spacial score (nSPS) is 13.1. The van der Waals surface area contributed by atoms with Gasteiger partial charge in [-0.05, 0) is 13.8 Å². The molecule has 2 aliphatic rings. The molecule has 2 heterocycles. The van der Waals surface area contributed by atoms with Crippen LogP contribution in [0.5, 0.6) is 0 Å². The first-order valence-electron chi connectivity index (χ1n) is 10.9. The number of nitrogens with one attached hydrogen (secondary N) is 1. The van der Waals surface area contributed by atoms with Gasteiger partial charge in [0.15, 0.2) is 0 Å². The van der Waals surface area contributed by atoms with Crippen molar-refractivity contribution in [3.63, 3.8) is 0 Å². The number of hydrogen-bond acceptors (Lipinski definition) is 13. The molecule has 226 valence electrons. The molecule has 2 rings (SSSR count). The zero-order valence-corrected chi connectivity index (χ0v) is 21.3. The van der Waals surface area contributed by atoms with E-state index in [4.69, 9.17) is 9.94 Å². The number of isocyanates is 1. The van der Waals surface area contributed by atoms with Gasteiger partial charge in [-0.2, -0.15) is 5.06 Å². The highest BCUT2D eigenvalue weighted by Gasteiger charge is 2.32. The van der Waals surface area contributed by atoms with Gasteiger partial charge in [-0.3, -0.25) is 29.1 Å². The Morgan fingerprint density at radius 2 is 1.35 bits per heavy atom. The van der Waals surface area contributed by atoms with Crippen molar-refractivity contribution in [3.8, 4) is 0 Å². The average molecular weight is 580 g/mol. The maximum atomic E-state index is 11.2. The van der Waals surface area contributed by atoms with E-state index in [0.29, 0.717) is 10.6 Å². The van der Waals surface area contributed by atoms with Gasteiger partial charge in [0.2, 0.25) is 6.08 Å². The van der Waals surface area contributed by atoms with Crippen molar-refractivity contribution in [1.82, 2.24) is 15.4 Å². The van der Waals surface area contributed by atoms with Crippen LogP contribution in [0.4, 0.5) is 9.50 Å². The van der Waals surface area contributed by atoms with Crippen molar-refractivity contribution in [2.75, 3.05) is 26.3 Å². The van der Waals surface area contributed by atoms with Crippen molar-refractivity contribution >= 4 is 47.7 Å². The van der Waals surface area contributed by atoms with Crippen molar-refractivity contribution < 1.29 is 64.0 Å². The number of carbonyl (C=O) groups is 7. The quantitative estimate of drug-likeness (QED) is 0.0741. The zero-order valence-electron chi connectivity index (χ0n) is 21.3. The standard InChI is InChI=1S/C11H14N2O6.C7H9NO3.C4H5NO3.CH4.FH.H2/c1-7(2)10(16)18-6-5-12-11(17)19-13-8(14)3-4-9(13)15;1-6(2)7(10)11-4-3-8-5-9;6-3-1-2-4(7)5(3)8;;;/h1,3-6H2,2H3,(H,12,17);1,3-4H2,2H3;8H,1-2H2;1H4;2*1H/i;;;;;1+1. The Morgan fingerprint density at radius 1 is 0.925 bits per heavy atom. The van der Waals surface area contributed by atoms with E-state index in [0.717, 1.165) is 0 Å². The Hall–Kier alpha value is -4.76. The van der Waals surface area contributed by atoms with E-state index < -0.39 is 41.7 Å². The molecule has 0 bridgehead atoms. The molecule has 5 amide bonds. The summed E-state index contributed by atoms with van der Waals surface area (Å²) in [5.74, 6) is -3.17. The fraction of sp³-hybridized carbons (Fsp3) is 0.478. The highest BCUT2D eigenvalue weighted by molar-refractivity contribution is 6.01. The number of amides is 5. The third-order valence-corrected chi connectivity index (χ3v) is 4.01. The highest BCUT2D eigenvalue weighted by Crippen LogP contribution is 2.11. The second-order valence-electron chi connectivity index (χ2n) is 7.29. The summed E-state index contributed by atoms with van der Waals surface area (Å²) in [6.07, 6.45) is 0.725. The molecule has 2 aliphatic heterocycles. The van der Waals surface area contributed by atoms with E-state index in [-0.39, 0.29) is 76.2 Å². The number of rotatable bonds is 9. The number of hydroxylamine groups is 4. The van der Waals surface area contributed by atoms with E-state index in [1.54, 1.807) is 6.92 Å². The summed E-state index contributed by atoms with van der Waals surface area (Å²) in [7, 11) is 0. The van der Waals surface area contributed by atoms with Crippen molar-refractivity contribution in [2.45, 2.75) is 47.0 Å². The molecule has 0 aromatic heterocycles. The van der Waals surface area contributed by atoms with Crippen LogP contribution in [0.15, 0.2) is 29.3 Å². The molecule has 0 spiro atoms. The summed E-state index contributed by atoms with van der Waals surface area (Å²) in [6, 6.07) is 0. The monoisotopic (exact) mass is 579 g/mol. The molecule has 0 aromatic carbocycles. The molecule has 2 N–H and O–H groups in total. The zero-order chi connectivity index (χ0) is 29.3. The lowest BCUT2D eigenvalue weighted by atomic mass is 10.4. The van der Waals surface area contributed by atoms with Gasteiger partial charge < -0.3 is 19.6 Å². The molecule has 0 atom stereocenters. The predicted octanol–water partition coefficient (Wildman–Crippen LogP) is 0.897. The van der Waals surface area contributed by atoms with Crippen LogP contribution in [0.2, 0.25) is 0 Å². The van der Waals surface area contributed by atoms with Gasteiger partial charge in [0.25, 0.3) is 23.6 Å². The fourth-order valence-corrected chi connectivity index (χ4v) is 2.11. The fourth-order valence-electron chi connectivity index (χ4n) is 2.11. The first kappa shape index (κ1) is 39.7. The van der Waals surface area contributed by atoms with Gasteiger partial charge in [0.05, 0.1) is 13.1 Å². The van der Waals surface area contributed by atoms with Crippen LogP contribution >= 0.6 is 0 Å². The number of imide groups is 2. The highest BCUT2D eigenvalue weighted by atomic mass is 19.0. The summed E-state index contributed by atoms with van der Waals surface area (Å²) in [6.45, 7) is 9.98. The van der Waals surface area contributed by atoms with Gasteiger partial charge in [0, 0.05) is 38.3 Å². The van der Waals surface area contributed by atoms with Crippen LogP contribution in [-0.2, 0) is 47.9 Å². The summed E-state index contributed by atoms with van der Waals surface area (Å²) in [5.41, 5.74) is 0.580. The summed E-state index contributed by atoms with van der Waals surface area (Å²) < 4.78 is 9.30. The van der Waals surface area contributed by atoms with Crippen LogP contribution in [-0.4, -0.2) is 89.4 Å². The average Bonchev–Trinajstić information content (AvgIpc) is 3.34. The number of hydrogen-bond donors (Lipinski definition) is 2. The topological polar surface area (TPSA) is 215 Å². The minimum absolute atomic E-state index is 0. The van der Waals surface area contributed by atoms with Crippen LogP contribution < -0.4 is 5.32 Å². The van der Waals surface area contributed by atoms with Crippen LogP contribution in [0.3, 0.4) is 0 Å². The lowest BCUT2D eigenvalue weighted by Gasteiger charge is -2.13. The van der Waals surface area contributed by atoms with E-state index in [9.17, 15) is 38.4 Å². The number of carbonyl (C=O) groups excluding carboxylic acids is 8. The lowest BCUT2D eigenvalue weighted by molar-refractivity contribution is -0.172. The van der Waals surface area contributed by atoms with Gasteiger partial charge in [-0.1, -0.05) is 20.6 Å². The van der Waals surface area contributed by atoms with Gasteiger partial charge in [0.1, 0.15) is 13.2 Å². The van der Waals surface area contributed by atoms with Crippen molar-refractivity contribution in [3.05, 3.63) is 24.3 Å². The van der Waals surface area contributed by atoms with Crippen LogP contribution in [0.1, 0.15) is 48.4 Å². The minimum Gasteiger partial charge on any atom is -0.460 e. The van der Waals surface area contributed by atoms with Gasteiger partial charge in [-0.15, -0.1) is 5.06 Å². The second-order valence-corrected chi connectivity index (χ2v) is 7.29. The predicted molar refractivity (Wildman–Crippen MR) is 134 cm³/mol. The third kappa shape index (κ3) is 16.2. The van der Waals surface area contributed by atoms with Gasteiger partial charge >= 0.3 is 18.0 Å². The Kier molecular flexibility index (Phi) is 21.1. The molecule has 0 unspecified atom stereocenters. The third-order valence-electron chi connectivity index (χ3n) is 4.01. The number of aliphatic imine (C=N–C) groups is 1. The SMILES string of the molecule is C.C=C(C)C(=O)OCCN=C=O.C=C(C)C(=O)OCCNC(=O)ON1C(=O)CCC1=O.F.O=C1CCC(=O)N1O.[2HH]. The molecular formula is C23H35FN4O12. The summed E-state index contributed by atoms with van der Waals surface area (Å²) in [4.78, 5) is 92.9. The molecule has 40 heavy (non-hydrogen) atoms. The Labute approximate surface area is 230 Å². The number of nitrogens with zero attached hydrogens (tertiary/aromatic N) is 3. The molecule has 17 heteroatoms. The van der Waals surface area contributed by atoms with Crippen LogP contribution in [0, 0.1) is 0 Å². The first-order chi connectivity index (χ1) is 17.8. The van der Waals surface area contributed by atoms with Crippen molar-refractivity contribution in [2.24, 2.45) is 4.99 Å². The van der Waals surface area contributed by atoms with E-state index >= 15 is 0 Å². The Morgan fingerprint density at radius 3 is 1.73 bits per heavy atom. The smallest absolute Gasteiger partial charge is 0.432 e. The maximum Gasteiger partial charge on any atom is 0.432 e. The molecule has 0 aliphatic carbocycles. The minimum atomic E-state index is -0.963. The molecule has 0 radical (unpaired) electrons. The Bertz CT molecular complexity index is 998. The first-order valence-corrected chi connectivity index (χ1v) is 10.9. The lowest BCUT2D eigenvalue weighted by Crippen LogP contribution is -2.38. The van der Waals surface area contributed by atoms with Crippen LogP contribution in [0.25, 0.3) is 0 Å². The Balaban J connectivity index is -0.000000266. The molecule has 0 saturated carbocycles. The molecule has 2 saturated heterocycles. The van der Waals surface area contributed by atoms with Crippen molar-refractivity contribution in [1.29, 1.82) is 0 Å². The summed E-state index contributed by atoms with van der Waals surface area (Å²) >= 11 is 0. The number of halogens is 1. The van der Waals surface area contributed by atoms with E-state index in [1.165, 1.54) is 13.0 Å². The van der Waals surface area contributed by atoms with Gasteiger partial charge in [-0.25, -0.2) is 24.2 Å². The number of ether oxygens (including phenoxy) is 2. The molecule has 2 fully saturated rings.